The van der Waals surface area contributed by atoms with Gasteiger partial charge in [0.2, 0.25) is 10.4 Å². The summed E-state index contributed by atoms with van der Waals surface area (Å²) < 4.78 is 32.9. The first-order valence-corrected chi connectivity index (χ1v) is 3.70. The molecule has 0 saturated heterocycles. The van der Waals surface area contributed by atoms with E-state index in [9.17, 15) is 13.0 Å². The van der Waals surface area contributed by atoms with E-state index in [0.29, 0.717) is 13.0 Å². The van der Waals surface area contributed by atoms with Crippen LogP contribution in [-0.2, 0) is 14.6 Å². The molecule has 0 aliphatic rings. The van der Waals surface area contributed by atoms with Crippen LogP contribution in [0.1, 0.15) is 6.42 Å². The molecule has 0 aliphatic carbocycles. The van der Waals surface area contributed by atoms with Gasteiger partial charge < -0.3 is 10.3 Å². The van der Waals surface area contributed by atoms with E-state index in [1.54, 1.807) is 0 Å². The molecule has 56 valence electrons. The second-order valence-corrected chi connectivity index (χ2v) is 2.42. The van der Waals surface area contributed by atoms with Gasteiger partial charge in [-0.15, -0.1) is 0 Å². The Balaban J connectivity index is 0. The fourth-order valence-electron chi connectivity index (χ4n) is 0.244. The zero-order valence-electron chi connectivity index (χ0n) is 5.74. The van der Waals surface area contributed by atoms with Gasteiger partial charge in [-0.05, 0) is 13.0 Å². The van der Waals surface area contributed by atoms with Crippen molar-refractivity contribution in [2.75, 3.05) is 13.2 Å². The molecule has 0 amide bonds. The fraction of sp³-hybridized carbons (Fsp3) is 1.00. The van der Waals surface area contributed by atoms with Gasteiger partial charge in [-0.1, -0.05) is 0 Å². The number of nitrogens with two attached hydrogens (primary N) is 1. The fourth-order valence-corrected chi connectivity index (χ4v) is 0.566. The molecule has 5 nitrogen and oxygen atoms in total. The van der Waals surface area contributed by atoms with Gasteiger partial charge in [-0.3, -0.25) is 4.18 Å². The summed E-state index contributed by atoms with van der Waals surface area (Å²) in [6.45, 7) is 0.192. The molecule has 0 aromatic heterocycles. The van der Waals surface area contributed by atoms with Crippen LogP contribution in [0.3, 0.4) is 0 Å². The van der Waals surface area contributed by atoms with Crippen molar-refractivity contribution in [3.05, 3.63) is 0 Å². The van der Waals surface area contributed by atoms with E-state index in [2.05, 4.69) is 4.18 Å². The SMILES string of the molecule is NCCCOS(=O)(=O)[O-].[Na+]. The molecular formula is C3H8NNaO4S. The van der Waals surface area contributed by atoms with Crippen molar-refractivity contribution in [1.29, 1.82) is 0 Å². The van der Waals surface area contributed by atoms with Gasteiger partial charge in [0, 0.05) is 0 Å². The minimum Gasteiger partial charge on any atom is -0.726 e. The van der Waals surface area contributed by atoms with Gasteiger partial charge in [0.05, 0.1) is 6.61 Å². The molecule has 0 aliphatic heterocycles. The summed E-state index contributed by atoms with van der Waals surface area (Å²) in [5.41, 5.74) is 4.98. The minimum absolute atomic E-state index is 0. The molecule has 0 radical (unpaired) electrons. The summed E-state index contributed by atoms with van der Waals surface area (Å²) in [5.74, 6) is 0. The van der Waals surface area contributed by atoms with Crippen LogP contribution in [-0.4, -0.2) is 26.1 Å². The van der Waals surface area contributed by atoms with Gasteiger partial charge in [0.1, 0.15) is 0 Å². The summed E-state index contributed by atoms with van der Waals surface area (Å²) >= 11 is 0. The molecule has 0 spiro atoms. The first-order chi connectivity index (χ1) is 4.06. The predicted molar refractivity (Wildman–Crippen MR) is 29.3 cm³/mol. The Labute approximate surface area is 82.2 Å². The Hall–Kier alpha value is 0.830. The maximum absolute atomic E-state index is 9.69. The Morgan fingerprint density at radius 2 is 2.00 bits per heavy atom. The number of hydrogen-bond donors (Lipinski definition) is 1. The van der Waals surface area contributed by atoms with Gasteiger partial charge >= 0.3 is 29.6 Å². The summed E-state index contributed by atoms with van der Waals surface area (Å²) in [6.07, 6.45) is 0.376. The van der Waals surface area contributed by atoms with Gasteiger partial charge in [-0.25, -0.2) is 8.42 Å². The largest absolute Gasteiger partial charge is 1.00 e. The molecule has 0 unspecified atom stereocenters. The van der Waals surface area contributed by atoms with Crippen molar-refractivity contribution in [3.63, 3.8) is 0 Å². The first-order valence-electron chi connectivity index (χ1n) is 2.36. The molecule has 0 aromatic rings. The van der Waals surface area contributed by atoms with Crippen LogP contribution < -0.4 is 35.3 Å². The second kappa shape index (κ2) is 6.53. The van der Waals surface area contributed by atoms with E-state index in [0.717, 1.165) is 0 Å². The molecule has 0 rings (SSSR count). The summed E-state index contributed by atoms with van der Waals surface area (Å²) in [4.78, 5) is 0. The average Bonchev–Trinajstić information content (AvgIpc) is 1.63. The van der Waals surface area contributed by atoms with Gasteiger partial charge in [-0.2, -0.15) is 0 Å². The zero-order chi connectivity index (χ0) is 7.33. The molecule has 0 saturated carbocycles. The smallest absolute Gasteiger partial charge is 0.726 e. The Morgan fingerprint density at radius 3 is 2.30 bits per heavy atom. The monoisotopic (exact) mass is 177 g/mol. The number of rotatable bonds is 4. The van der Waals surface area contributed by atoms with Crippen molar-refractivity contribution in [2.45, 2.75) is 6.42 Å². The van der Waals surface area contributed by atoms with Crippen LogP contribution in [0.15, 0.2) is 0 Å². The van der Waals surface area contributed by atoms with Crippen molar-refractivity contribution in [3.8, 4) is 0 Å². The normalized spacial score (nSPS) is 10.6. The van der Waals surface area contributed by atoms with Crippen molar-refractivity contribution in [1.82, 2.24) is 0 Å². The Bertz CT molecular complexity index is 156. The van der Waals surface area contributed by atoms with E-state index in [1.165, 1.54) is 0 Å². The van der Waals surface area contributed by atoms with E-state index in [1.807, 2.05) is 0 Å². The van der Waals surface area contributed by atoms with Crippen LogP contribution in [0, 0.1) is 0 Å². The second-order valence-electron chi connectivity index (χ2n) is 1.37. The Morgan fingerprint density at radius 1 is 1.50 bits per heavy atom. The third kappa shape index (κ3) is 11.6. The van der Waals surface area contributed by atoms with E-state index >= 15 is 0 Å². The third-order valence-corrected chi connectivity index (χ3v) is 1.03. The molecule has 7 heteroatoms. The molecule has 10 heavy (non-hydrogen) atoms. The molecular weight excluding hydrogens is 169 g/mol. The van der Waals surface area contributed by atoms with E-state index < -0.39 is 10.4 Å². The minimum atomic E-state index is -4.50. The maximum Gasteiger partial charge on any atom is 1.00 e. The van der Waals surface area contributed by atoms with E-state index in [4.69, 9.17) is 5.73 Å². The van der Waals surface area contributed by atoms with Crippen molar-refractivity contribution >= 4 is 10.4 Å². The first kappa shape index (κ1) is 13.4. The topological polar surface area (TPSA) is 92.5 Å². The summed E-state index contributed by atoms with van der Waals surface area (Å²) in [7, 11) is -4.50. The quantitative estimate of drug-likeness (QED) is 0.203. The van der Waals surface area contributed by atoms with Gasteiger partial charge in [0.25, 0.3) is 0 Å². The van der Waals surface area contributed by atoms with Crippen LogP contribution in [0.5, 0.6) is 0 Å². The van der Waals surface area contributed by atoms with Crippen LogP contribution in [0.4, 0.5) is 0 Å². The maximum atomic E-state index is 9.69. The molecule has 0 bridgehead atoms. The van der Waals surface area contributed by atoms with Crippen LogP contribution >= 0.6 is 0 Å². The standard InChI is InChI=1S/C3H9NO4S.Na/c4-2-1-3-8-9(5,6)7;/h1-4H2,(H,5,6,7);/q;+1/p-1. The predicted octanol–water partition coefficient (Wildman–Crippen LogP) is -4.18. The molecule has 0 atom stereocenters. The molecule has 2 N–H and O–H groups in total. The Kier molecular flexibility index (Phi) is 8.77. The summed E-state index contributed by atoms with van der Waals surface area (Å²) in [6, 6.07) is 0. The van der Waals surface area contributed by atoms with Crippen LogP contribution in [0.25, 0.3) is 0 Å². The van der Waals surface area contributed by atoms with Gasteiger partial charge in [0.15, 0.2) is 0 Å². The van der Waals surface area contributed by atoms with Crippen molar-refractivity contribution < 1.29 is 46.7 Å². The molecule has 0 aromatic carbocycles. The summed E-state index contributed by atoms with van der Waals surface area (Å²) in [5, 5.41) is 0. The van der Waals surface area contributed by atoms with Crippen LogP contribution in [0.2, 0.25) is 0 Å². The zero-order valence-corrected chi connectivity index (χ0v) is 8.56. The molecule has 0 fully saturated rings. The average molecular weight is 177 g/mol. The van der Waals surface area contributed by atoms with Crippen molar-refractivity contribution in [2.24, 2.45) is 5.73 Å². The number of hydrogen-bond acceptors (Lipinski definition) is 5. The molecule has 0 heterocycles. The third-order valence-electron chi connectivity index (χ3n) is 0.576. The van der Waals surface area contributed by atoms with E-state index in [-0.39, 0.29) is 36.2 Å².